The maximum atomic E-state index is 12.2. The highest BCUT2D eigenvalue weighted by molar-refractivity contribution is 7.89. The van der Waals surface area contributed by atoms with E-state index in [-0.39, 0.29) is 29.3 Å². The van der Waals surface area contributed by atoms with E-state index in [2.05, 4.69) is 10.0 Å². The molecule has 1 aromatic rings. The van der Waals surface area contributed by atoms with Gasteiger partial charge in [-0.2, -0.15) is 4.72 Å². The van der Waals surface area contributed by atoms with Crippen LogP contribution in [0, 0.1) is 12.8 Å². The van der Waals surface area contributed by atoms with Crippen molar-refractivity contribution < 1.29 is 13.2 Å². The number of amides is 1. The van der Waals surface area contributed by atoms with Gasteiger partial charge in [0.15, 0.2) is 0 Å². The van der Waals surface area contributed by atoms with E-state index in [9.17, 15) is 13.2 Å². The van der Waals surface area contributed by atoms with Gasteiger partial charge in [0, 0.05) is 12.6 Å². The summed E-state index contributed by atoms with van der Waals surface area (Å²) in [6.45, 7) is 3.77. The molecule has 1 aliphatic carbocycles. The predicted octanol–water partition coefficient (Wildman–Crippen LogP) is 0.937. The van der Waals surface area contributed by atoms with E-state index >= 15 is 0 Å². The lowest BCUT2D eigenvalue weighted by molar-refractivity contribution is -0.122. The van der Waals surface area contributed by atoms with Gasteiger partial charge in [-0.1, -0.05) is 17.7 Å². The van der Waals surface area contributed by atoms with Gasteiger partial charge in [-0.25, -0.2) is 8.42 Å². The Kier molecular flexibility index (Phi) is 7.01. The second-order valence-corrected chi connectivity index (χ2v) is 7.62. The van der Waals surface area contributed by atoms with Gasteiger partial charge in [-0.15, -0.1) is 12.4 Å². The van der Waals surface area contributed by atoms with Gasteiger partial charge in [-0.3, -0.25) is 4.79 Å². The third-order valence-corrected chi connectivity index (χ3v) is 5.35. The molecule has 23 heavy (non-hydrogen) atoms. The molecule has 130 valence electrons. The zero-order valence-electron chi connectivity index (χ0n) is 13.3. The molecule has 0 saturated heterocycles. The van der Waals surface area contributed by atoms with E-state index < -0.39 is 16.1 Å². The highest BCUT2D eigenvalue weighted by atomic mass is 35.5. The van der Waals surface area contributed by atoms with Crippen molar-refractivity contribution in [2.45, 2.75) is 43.7 Å². The summed E-state index contributed by atoms with van der Waals surface area (Å²) < 4.78 is 26.8. The minimum atomic E-state index is -3.71. The average Bonchev–Trinajstić information content (AvgIpc) is 3.28. The molecule has 0 heterocycles. The van der Waals surface area contributed by atoms with E-state index in [1.54, 1.807) is 12.1 Å². The molecule has 1 aliphatic rings. The Morgan fingerprint density at radius 1 is 1.30 bits per heavy atom. The summed E-state index contributed by atoms with van der Waals surface area (Å²) in [6.07, 6.45) is 2.21. The van der Waals surface area contributed by atoms with Gasteiger partial charge in [0.05, 0.1) is 10.9 Å². The molecule has 2 rings (SSSR count). The highest BCUT2D eigenvalue weighted by Gasteiger charge is 2.29. The standard InChI is InChI=1S/C15H23N3O3S.ClH/c1-10-3-7-13(8-4-10)22(20,21)18-11(2)15(19)17-9-14(16)12-5-6-12;/h3-4,7-8,11-12,14,18H,5-6,9,16H2,1-2H3,(H,17,19);1H. The van der Waals surface area contributed by atoms with Gasteiger partial charge in [0.2, 0.25) is 15.9 Å². The summed E-state index contributed by atoms with van der Waals surface area (Å²) in [4.78, 5) is 12.1. The number of nitrogens with one attached hydrogen (secondary N) is 2. The summed E-state index contributed by atoms with van der Waals surface area (Å²) in [5.41, 5.74) is 6.88. The summed E-state index contributed by atoms with van der Waals surface area (Å²) in [5, 5.41) is 2.70. The van der Waals surface area contributed by atoms with Gasteiger partial charge in [0.25, 0.3) is 0 Å². The molecule has 0 radical (unpaired) electrons. The lowest BCUT2D eigenvalue weighted by Gasteiger charge is -2.16. The normalized spacial score (nSPS) is 17.0. The largest absolute Gasteiger partial charge is 0.353 e. The quantitative estimate of drug-likeness (QED) is 0.672. The van der Waals surface area contributed by atoms with Crippen LogP contribution in [0.15, 0.2) is 29.2 Å². The van der Waals surface area contributed by atoms with Crippen LogP contribution in [0.1, 0.15) is 25.3 Å². The average molecular weight is 362 g/mol. The van der Waals surface area contributed by atoms with Crippen LogP contribution >= 0.6 is 12.4 Å². The lowest BCUT2D eigenvalue weighted by Crippen LogP contribution is -2.48. The number of sulfonamides is 1. The molecule has 2 unspecified atom stereocenters. The van der Waals surface area contributed by atoms with E-state index in [1.165, 1.54) is 19.1 Å². The zero-order valence-corrected chi connectivity index (χ0v) is 14.9. The van der Waals surface area contributed by atoms with Crippen molar-refractivity contribution in [3.8, 4) is 0 Å². The lowest BCUT2D eigenvalue weighted by atomic mass is 10.2. The van der Waals surface area contributed by atoms with Crippen LogP contribution in [0.25, 0.3) is 0 Å². The Labute approximate surface area is 143 Å². The molecule has 0 bridgehead atoms. The number of halogens is 1. The summed E-state index contributed by atoms with van der Waals surface area (Å²) in [5.74, 6) is 0.117. The van der Waals surface area contributed by atoms with Crippen LogP contribution in [0.4, 0.5) is 0 Å². The fourth-order valence-electron chi connectivity index (χ4n) is 2.13. The molecule has 6 nitrogen and oxygen atoms in total. The first-order valence-corrected chi connectivity index (χ1v) is 8.90. The van der Waals surface area contributed by atoms with Gasteiger partial charge >= 0.3 is 0 Å². The van der Waals surface area contributed by atoms with Crippen molar-refractivity contribution in [1.82, 2.24) is 10.0 Å². The van der Waals surface area contributed by atoms with Crippen molar-refractivity contribution in [3.63, 3.8) is 0 Å². The number of carbonyl (C=O) groups excluding carboxylic acids is 1. The third kappa shape index (κ3) is 5.76. The maximum Gasteiger partial charge on any atom is 0.241 e. The van der Waals surface area contributed by atoms with E-state index in [0.717, 1.165) is 18.4 Å². The molecule has 2 atom stereocenters. The molecule has 1 saturated carbocycles. The van der Waals surface area contributed by atoms with Crippen molar-refractivity contribution in [1.29, 1.82) is 0 Å². The van der Waals surface area contributed by atoms with Crippen LogP contribution in [0.5, 0.6) is 0 Å². The number of hydrogen-bond donors (Lipinski definition) is 3. The van der Waals surface area contributed by atoms with Crippen LogP contribution in [-0.4, -0.2) is 33.0 Å². The fourth-order valence-corrected chi connectivity index (χ4v) is 3.34. The van der Waals surface area contributed by atoms with Crippen LogP contribution in [-0.2, 0) is 14.8 Å². The van der Waals surface area contributed by atoms with Crippen LogP contribution in [0.3, 0.4) is 0 Å². The Balaban J connectivity index is 0.00000264. The molecule has 8 heteroatoms. The van der Waals surface area contributed by atoms with Crippen molar-refractivity contribution in [3.05, 3.63) is 29.8 Å². The van der Waals surface area contributed by atoms with Crippen molar-refractivity contribution in [2.75, 3.05) is 6.54 Å². The molecule has 0 aliphatic heterocycles. The Hall–Kier alpha value is -1.15. The summed E-state index contributed by atoms with van der Waals surface area (Å²) >= 11 is 0. The first-order valence-electron chi connectivity index (χ1n) is 7.42. The Morgan fingerprint density at radius 3 is 2.39 bits per heavy atom. The Morgan fingerprint density at radius 2 is 1.87 bits per heavy atom. The molecular weight excluding hydrogens is 338 g/mol. The number of carbonyl (C=O) groups is 1. The smallest absolute Gasteiger partial charge is 0.241 e. The van der Waals surface area contributed by atoms with Crippen molar-refractivity contribution >= 4 is 28.3 Å². The number of aryl methyl sites for hydroxylation is 1. The molecule has 1 amide bonds. The highest BCUT2D eigenvalue weighted by Crippen LogP contribution is 2.31. The molecule has 4 N–H and O–H groups in total. The number of benzene rings is 1. The number of rotatable bonds is 7. The molecular formula is C15H24ClN3O3S. The topological polar surface area (TPSA) is 101 Å². The monoisotopic (exact) mass is 361 g/mol. The Bertz CT molecular complexity index is 630. The third-order valence-electron chi connectivity index (χ3n) is 3.80. The molecule has 1 fully saturated rings. The maximum absolute atomic E-state index is 12.2. The van der Waals surface area contributed by atoms with E-state index in [0.29, 0.717) is 12.5 Å². The second kappa shape index (κ2) is 8.10. The van der Waals surface area contributed by atoms with Crippen molar-refractivity contribution in [2.24, 2.45) is 11.7 Å². The molecule has 1 aromatic carbocycles. The minimum absolute atomic E-state index is 0. The summed E-state index contributed by atoms with van der Waals surface area (Å²) in [6, 6.07) is 5.57. The molecule has 0 spiro atoms. The number of hydrogen-bond acceptors (Lipinski definition) is 4. The first kappa shape index (κ1) is 19.9. The number of nitrogens with two attached hydrogens (primary N) is 1. The second-order valence-electron chi connectivity index (χ2n) is 5.90. The van der Waals surface area contributed by atoms with E-state index in [1.807, 2.05) is 6.92 Å². The first-order chi connectivity index (χ1) is 10.3. The van der Waals surface area contributed by atoms with Crippen LogP contribution in [0.2, 0.25) is 0 Å². The predicted molar refractivity (Wildman–Crippen MR) is 91.9 cm³/mol. The zero-order chi connectivity index (χ0) is 16.3. The van der Waals surface area contributed by atoms with Gasteiger partial charge < -0.3 is 11.1 Å². The van der Waals surface area contributed by atoms with Gasteiger partial charge in [-0.05, 0) is 44.7 Å². The van der Waals surface area contributed by atoms with E-state index in [4.69, 9.17) is 5.73 Å². The summed E-state index contributed by atoms with van der Waals surface area (Å²) in [7, 11) is -3.71. The fraction of sp³-hybridized carbons (Fsp3) is 0.533. The van der Waals surface area contributed by atoms with Gasteiger partial charge in [0.1, 0.15) is 0 Å². The minimum Gasteiger partial charge on any atom is -0.353 e. The SMILES string of the molecule is Cc1ccc(S(=O)(=O)NC(C)C(=O)NCC(N)C2CC2)cc1.Cl. The van der Waals surface area contributed by atoms with Crippen LogP contribution < -0.4 is 15.8 Å². The molecule has 0 aromatic heterocycles.